The Kier molecular flexibility index (Phi) is 3.73. The van der Waals surface area contributed by atoms with Crippen LogP contribution >= 0.6 is 0 Å². The van der Waals surface area contributed by atoms with Crippen molar-refractivity contribution in [2.45, 2.75) is 0 Å². The molecule has 1 N–H and O–H groups in total. The summed E-state index contributed by atoms with van der Waals surface area (Å²) in [4.78, 5) is 3.32. The van der Waals surface area contributed by atoms with Crippen molar-refractivity contribution in [2.24, 2.45) is 0 Å². The summed E-state index contributed by atoms with van der Waals surface area (Å²) in [6.45, 7) is -0.851. The van der Waals surface area contributed by atoms with Gasteiger partial charge >= 0.3 is 0 Å². The molecule has 0 rings (SSSR count). The van der Waals surface area contributed by atoms with E-state index in [-0.39, 0.29) is 6.61 Å². The molecule has 0 atom stereocenters. The molecule has 0 aliphatic rings. The summed E-state index contributed by atoms with van der Waals surface area (Å²) in [5, 5.41) is 7.33. The Morgan fingerprint density at radius 1 is 1.80 bits per heavy atom. The summed E-state index contributed by atoms with van der Waals surface area (Å²) in [5.74, 6) is 0. The Hall–Kier alpha value is -0.150. The molecule has 0 aromatic heterocycles. The lowest BCUT2D eigenvalue weighted by Gasteiger charge is -1.79. The van der Waals surface area contributed by atoms with Gasteiger partial charge in [0.15, 0.2) is 0 Å². The van der Waals surface area contributed by atoms with E-state index in [1.54, 1.807) is 0 Å². The number of rotatable bonds is 2. The van der Waals surface area contributed by atoms with E-state index < -0.39 is 6.67 Å². The zero-order valence-corrected chi connectivity index (χ0v) is 2.65. The van der Waals surface area contributed by atoms with Crippen molar-refractivity contribution in [1.29, 1.82) is 0 Å². The highest BCUT2D eigenvalue weighted by atomic mass is 19.1. The largest absolute Gasteiger partial charge is 0.252 e. The second-order valence-electron chi connectivity index (χ2n) is 0.522. The molecule has 0 aliphatic carbocycles. The topological polar surface area (TPSA) is 29.5 Å². The molecule has 0 amide bonds. The molecule has 0 unspecified atom stereocenters. The van der Waals surface area contributed by atoms with Gasteiger partial charge in [-0.2, -0.15) is 0 Å². The van der Waals surface area contributed by atoms with Gasteiger partial charge in [0.25, 0.3) is 0 Å². The van der Waals surface area contributed by atoms with Crippen LogP contribution in [0.5, 0.6) is 0 Å². The Bertz CT molecular complexity index is 15.1. The fourth-order valence-electron chi connectivity index (χ4n) is 0.0345. The van der Waals surface area contributed by atoms with Crippen molar-refractivity contribution in [3.8, 4) is 0 Å². The fraction of sp³-hybridized carbons (Fsp3) is 1.00. The molecule has 0 aromatic rings. The quantitative estimate of drug-likeness (QED) is 0.385. The van der Waals surface area contributed by atoms with Gasteiger partial charge in [0.1, 0.15) is 13.3 Å². The Morgan fingerprint density at radius 3 is 2.40 bits per heavy atom. The van der Waals surface area contributed by atoms with Gasteiger partial charge in [0.05, 0.1) is 0 Å². The molecule has 0 heterocycles. The van der Waals surface area contributed by atoms with Crippen LogP contribution in [0.4, 0.5) is 4.39 Å². The van der Waals surface area contributed by atoms with Crippen molar-refractivity contribution >= 4 is 0 Å². The predicted molar refractivity (Wildman–Crippen MR) is 14.6 cm³/mol. The van der Waals surface area contributed by atoms with Crippen LogP contribution in [-0.2, 0) is 4.89 Å². The highest BCUT2D eigenvalue weighted by Crippen LogP contribution is 1.63. The molecule has 32 valence electrons. The van der Waals surface area contributed by atoms with Crippen LogP contribution in [0, 0.1) is 0 Å². The van der Waals surface area contributed by atoms with Crippen LogP contribution in [0.25, 0.3) is 0 Å². The van der Waals surface area contributed by atoms with Crippen molar-refractivity contribution in [3.05, 3.63) is 0 Å². The summed E-state index contributed by atoms with van der Waals surface area (Å²) in [5.41, 5.74) is 0. The average Bonchev–Trinajstić information content (AvgIpc) is 1.41. The highest BCUT2D eigenvalue weighted by molar-refractivity contribution is 4.11. The molecule has 0 spiro atoms. The summed E-state index contributed by atoms with van der Waals surface area (Å²) in [7, 11) is 0. The SMILES string of the molecule is OOCCF. The van der Waals surface area contributed by atoms with E-state index in [0.29, 0.717) is 0 Å². The second-order valence-corrected chi connectivity index (χ2v) is 0.522. The van der Waals surface area contributed by atoms with E-state index in [0.717, 1.165) is 0 Å². The van der Waals surface area contributed by atoms with Crippen LogP contribution in [0.15, 0.2) is 0 Å². The van der Waals surface area contributed by atoms with Gasteiger partial charge in [-0.3, -0.25) is 5.26 Å². The minimum atomic E-state index is -0.628. The molecule has 0 saturated carbocycles. The monoisotopic (exact) mass is 80.0 g/mol. The Balaban J connectivity index is 2.19. The van der Waals surface area contributed by atoms with E-state index in [4.69, 9.17) is 5.26 Å². The average molecular weight is 80.1 g/mol. The maximum Gasteiger partial charge on any atom is 0.116 e. The maximum atomic E-state index is 10.7. The van der Waals surface area contributed by atoms with Crippen molar-refractivity contribution in [3.63, 3.8) is 0 Å². The number of alkyl halides is 1. The minimum Gasteiger partial charge on any atom is -0.252 e. The normalized spacial score (nSPS) is 8.40. The summed E-state index contributed by atoms with van der Waals surface area (Å²) >= 11 is 0. The third-order valence-corrected chi connectivity index (χ3v) is 0.168. The number of halogens is 1. The molecular formula is C2H5FO2. The molecule has 0 bridgehead atoms. The summed E-state index contributed by atoms with van der Waals surface area (Å²) < 4.78 is 10.7. The van der Waals surface area contributed by atoms with Crippen LogP contribution in [0.3, 0.4) is 0 Å². The predicted octanol–water partition coefficient (Wildman–Crippen LogP) is 0.445. The van der Waals surface area contributed by atoms with Crippen LogP contribution in [-0.4, -0.2) is 18.5 Å². The molecule has 0 radical (unpaired) electrons. The molecule has 0 saturated heterocycles. The highest BCUT2D eigenvalue weighted by Gasteiger charge is 1.72. The van der Waals surface area contributed by atoms with E-state index in [1.807, 2.05) is 0 Å². The summed E-state index contributed by atoms with van der Waals surface area (Å²) in [6, 6.07) is 0. The molecule has 3 heteroatoms. The van der Waals surface area contributed by atoms with Gasteiger partial charge in [0.2, 0.25) is 0 Å². The van der Waals surface area contributed by atoms with Crippen LogP contribution in [0.2, 0.25) is 0 Å². The standard InChI is InChI=1S/C2H5FO2/c3-1-2-5-4/h4H,1-2H2. The number of hydrogen-bond acceptors (Lipinski definition) is 2. The lowest BCUT2D eigenvalue weighted by Crippen LogP contribution is -1.87. The van der Waals surface area contributed by atoms with Crippen molar-refractivity contribution in [2.75, 3.05) is 13.3 Å². The third kappa shape index (κ3) is 3.85. The van der Waals surface area contributed by atoms with Gasteiger partial charge in [-0.05, 0) is 0 Å². The second kappa shape index (κ2) is 3.85. The first-order valence-electron chi connectivity index (χ1n) is 1.24. The maximum absolute atomic E-state index is 10.7. The van der Waals surface area contributed by atoms with Crippen LogP contribution in [0.1, 0.15) is 0 Å². The van der Waals surface area contributed by atoms with E-state index in [1.165, 1.54) is 0 Å². The molecule has 0 aliphatic heterocycles. The minimum absolute atomic E-state index is 0.222. The molecular weight excluding hydrogens is 75.0 g/mol. The zero-order chi connectivity index (χ0) is 4.12. The van der Waals surface area contributed by atoms with Gasteiger partial charge in [-0.1, -0.05) is 0 Å². The zero-order valence-electron chi connectivity index (χ0n) is 2.65. The first-order valence-corrected chi connectivity index (χ1v) is 1.24. The Labute approximate surface area is 29.1 Å². The third-order valence-electron chi connectivity index (χ3n) is 0.168. The lowest BCUT2D eigenvalue weighted by atomic mass is 10.8. The summed E-state index contributed by atoms with van der Waals surface area (Å²) in [6.07, 6.45) is 0. The molecule has 0 aromatic carbocycles. The Morgan fingerprint density at radius 2 is 2.40 bits per heavy atom. The molecule has 0 fully saturated rings. The van der Waals surface area contributed by atoms with E-state index in [2.05, 4.69) is 4.89 Å². The fourth-order valence-corrected chi connectivity index (χ4v) is 0.0345. The number of hydrogen-bond donors (Lipinski definition) is 1. The van der Waals surface area contributed by atoms with Gasteiger partial charge in [0, 0.05) is 0 Å². The van der Waals surface area contributed by atoms with E-state index in [9.17, 15) is 4.39 Å². The first kappa shape index (κ1) is 4.85. The van der Waals surface area contributed by atoms with Gasteiger partial charge < -0.3 is 0 Å². The first-order chi connectivity index (χ1) is 2.41. The van der Waals surface area contributed by atoms with E-state index >= 15 is 0 Å². The van der Waals surface area contributed by atoms with Crippen LogP contribution < -0.4 is 0 Å². The van der Waals surface area contributed by atoms with Crippen molar-refractivity contribution in [1.82, 2.24) is 0 Å². The van der Waals surface area contributed by atoms with Gasteiger partial charge in [-0.25, -0.2) is 9.28 Å². The van der Waals surface area contributed by atoms with Crippen molar-refractivity contribution < 1.29 is 14.5 Å². The molecule has 5 heavy (non-hydrogen) atoms. The van der Waals surface area contributed by atoms with Gasteiger partial charge in [-0.15, -0.1) is 0 Å². The lowest BCUT2D eigenvalue weighted by molar-refractivity contribution is -0.243. The molecule has 2 nitrogen and oxygen atoms in total. The smallest absolute Gasteiger partial charge is 0.116 e.